The molecule has 1 aliphatic heterocycles. The van der Waals surface area contributed by atoms with E-state index in [4.69, 9.17) is 0 Å². The fourth-order valence-corrected chi connectivity index (χ4v) is 3.71. The number of alkyl halides is 3. The Morgan fingerprint density at radius 3 is 2.64 bits per heavy atom. The van der Waals surface area contributed by atoms with Crippen molar-refractivity contribution in [1.29, 1.82) is 0 Å². The van der Waals surface area contributed by atoms with Crippen molar-refractivity contribution in [3.63, 3.8) is 0 Å². The Balaban J connectivity index is 1.93. The summed E-state index contributed by atoms with van der Waals surface area (Å²) in [5, 5.41) is 4.79. The molecule has 1 atom stereocenters. The van der Waals surface area contributed by atoms with Crippen LogP contribution in [0.4, 0.5) is 23.7 Å². The standard InChI is InChI=1S/C12H13F3N2O4S/c13-12(14,15)21-10-3-1-2-8(6-10)16-11(18)17-9-4-5-22(19,20)7-9/h1-3,6,9H,4-5,7H2,(H2,16,17,18). The quantitative estimate of drug-likeness (QED) is 0.881. The van der Waals surface area contributed by atoms with E-state index in [2.05, 4.69) is 15.4 Å². The molecule has 0 bridgehead atoms. The molecule has 0 spiro atoms. The smallest absolute Gasteiger partial charge is 0.406 e. The topological polar surface area (TPSA) is 84.5 Å². The van der Waals surface area contributed by atoms with Gasteiger partial charge in [-0.15, -0.1) is 13.2 Å². The molecule has 122 valence electrons. The van der Waals surface area contributed by atoms with Crippen LogP contribution in [0.5, 0.6) is 5.75 Å². The molecule has 1 unspecified atom stereocenters. The highest BCUT2D eigenvalue weighted by Gasteiger charge is 2.31. The van der Waals surface area contributed by atoms with Gasteiger partial charge in [0, 0.05) is 17.8 Å². The number of hydrogen-bond donors (Lipinski definition) is 2. The number of amides is 2. The summed E-state index contributed by atoms with van der Waals surface area (Å²) >= 11 is 0. The van der Waals surface area contributed by atoms with Crippen LogP contribution >= 0.6 is 0 Å². The van der Waals surface area contributed by atoms with Crippen LogP contribution in [-0.2, 0) is 9.84 Å². The third-order valence-corrected chi connectivity index (χ3v) is 4.66. The zero-order valence-corrected chi connectivity index (χ0v) is 12.0. The number of nitrogens with one attached hydrogen (secondary N) is 2. The fourth-order valence-electron chi connectivity index (χ4n) is 2.03. The van der Waals surface area contributed by atoms with E-state index in [0.717, 1.165) is 12.1 Å². The first-order valence-electron chi connectivity index (χ1n) is 6.27. The van der Waals surface area contributed by atoms with Gasteiger partial charge in [0.2, 0.25) is 0 Å². The Morgan fingerprint density at radius 2 is 2.05 bits per heavy atom. The van der Waals surface area contributed by atoms with Crippen molar-refractivity contribution in [2.24, 2.45) is 0 Å². The maximum absolute atomic E-state index is 12.1. The van der Waals surface area contributed by atoms with Gasteiger partial charge in [0.05, 0.1) is 11.5 Å². The Labute approximate surface area is 124 Å². The maximum Gasteiger partial charge on any atom is 0.573 e. The Morgan fingerprint density at radius 1 is 1.32 bits per heavy atom. The molecule has 1 aromatic rings. The number of ether oxygens (including phenoxy) is 1. The highest BCUT2D eigenvalue weighted by Crippen LogP contribution is 2.25. The van der Waals surface area contributed by atoms with Crippen molar-refractivity contribution in [3.8, 4) is 5.75 Å². The van der Waals surface area contributed by atoms with Crippen molar-refractivity contribution in [2.45, 2.75) is 18.8 Å². The third kappa shape index (κ3) is 5.10. The van der Waals surface area contributed by atoms with Gasteiger partial charge in [0.25, 0.3) is 0 Å². The van der Waals surface area contributed by atoms with Gasteiger partial charge in [-0.2, -0.15) is 0 Å². The van der Waals surface area contributed by atoms with Crippen LogP contribution in [0.25, 0.3) is 0 Å². The number of rotatable bonds is 3. The molecule has 2 N–H and O–H groups in total. The summed E-state index contributed by atoms with van der Waals surface area (Å²) in [6.45, 7) is 0. The molecule has 6 nitrogen and oxygen atoms in total. The number of benzene rings is 1. The normalized spacial score (nSPS) is 20.4. The zero-order chi connectivity index (χ0) is 16.4. The molecule has 0 aromatic heterocycles. The summed E-state index contributed by atoms with van der Waals surface area (Å²) in [5.74, 6) is -0.599. The Bertz CT molecular complexity index is 661. The molecular weight excluding hydrogens is 325 g/mol. The first kappa shape index (κ1) is 16.4. The average molecular weight is 338 g/mol. The molecule has 1 saturated heterocycles. The number of urea groups is 1. The third-order valence-electron chi connectivity index (χ3n) is 2.89. The van der Waals surface area contributed by atoms with Crippen molar-refractivity contribution in [3.05, 3.63) is 24.3 Å². The molecule has 1 aromatic carbocycles. The summed E-state index contributed by atoms with van der Waals surface area (Å²) in [4.78, 5) is 11.7. The maximum atomic E-state index is 12.1. The van der Waals surface area contributed by atoms with E-state index in [-0.39, 0.29) is 17.2 Å². The molecule has 2 amide bonds. The molecule has 1 aliphatic rings. The molecule has 0 radical (unpaired) electrons. The van der Waals surface area contributed by atoms with Crippen molar-refractivity contribution in [2.75, 3.05) is 16.8 Å². The summed E-state index contributed by atoms with van der Waals surface area (Å²) < 4.78 is 62.6. The molecule has 1 heterocycles. The number of hydrogen-bond acceptors (Lipinski definition) is 4. The Hall–Kier alpha value is -1.97. The van der Waals surface area contributed by atoms with Gasteiger partial charge >= 0.3 is 12.4 Å². The van der Waals surface area contributed by atoms with Gasteiger partial charge in [-0.05, 0) is 18.6 Å². The summed E-state index contributed by atoms with van der Waals surface area (Å²) in [6, 6.07) is 3.59. The lowest BCUT2D eigenvalue weighted by Gasteiger charge is -2.13. The van der Waals surface area contributed by atoms with Gasteiger partial charge in [-0.25, -0.2) is 13.2 Å². The second-order valence-corrected chi connectivity index (χ2v) is 7.00. The van der Waals surface area contributed by atoms with E-state index in [1.54, 1.807) is 0 Å². The summed E-state index contributed by atoms with van der Waals surface area (Å²) in [7, 11) is -3.13. The van der Waals surface area contributed by atoms with E-state index in [0.29, 0.717) is 6.42 Å². The number of carbonyl (C=O) groups excluding carboxylic acids is 1. The average Bonchev–Trinajstić information content (AvgIpc) is 2.66. The number of halogens is 3. The van der Waals surface area contributed by atoms with E-state index in [9.17, 15) is 26.4 Å². The second kappa shape index (κ2) is 6.03. The number of sulfone groups is 1. The monoisotopic (exact) mass is 338 g/mol. The molecule has 0 aliphatic carbocycles. The van der Waals surface area contributed by atoms with Gasteiger partial charge in [-0.3, -0.25) is 0 Å². The van der Waals surface area contributed by atoms with Crippen molar-refractivity contribution in [1.82, 2.24) is 5.32 Å². The lowest BCUT2D eigenvalue weighted by atomic mass is 10.2. The van der Waals surface area contributed by atoms with Gasteiger partial charge < -0.3 is 15.4 Å². The second-order valence-electron chi connectivity index (χ2n) is 4.77. The van der Waals surface area contributed by atoms with E-state index in [1.165, 1.54) is 12.1 Å². The minimum absolute atomic E-state index is 0.00680. The van der Waals surface area contributed by atoms with Crippen LogP contribution in [0.1, 0.15) is 6.42 Å². The van der Waals surface area contributed by atoms with Crippen molar-refractivity contribution < 1.29 is 31.1 Å². The van der Waals surface area contributed by atoms with Crippen LogP contribution < -0.4 is 15.4 Å². The Kier molecular flexibility index (Phi) is 4.50. The van der Waals surface area contributed by atoms with Crippen LogP contribution in [0, 0.1) is 0 Å². The number of anilines is 1. The molecule has 2 rings (SSSR count). The molecule has 0 saturated carbocycles. The lowest BCUT2D eigenvalue weighted by molar-refractivity contribution is -0.274. The minimum atomic E-state index is -4.82. The predicted octanol–water partition coefficient (Wildman–Crippen LogP) is 1.89. The molecule has 1 fully saturated rings. The first-order valence-corrected chi connectivity index (χ1v) is 8.09. The SMILES string of the molecule is O=C(Nc1cccc(OC(F)(F)F)c1)NC1CCS(=O)(=O)C1. The van der Waals surface area contributed by atoms with Crippen LogP contribution in [0.15, 0.2) is 24.3 Å². The van der Waals surface area contributed by atoms with Crippen LogP contribution in [-0.4, -0.2) is 38.4 Å². The summed E-state index contributed by atoms with van der Waals surface area (Å²) in [6.07, 6.45) is -4.51. The van der Waals surface area contributed by atoms with Gasteiger partial charge in [0.1, 0.15) is 5.75 Å². The zero-order valence-electron chi connectivity index (χ0n) is 11.2. The van der Waals surface area contributed by atoms with Gasteiger partial charge in [0.15, 0.2) is 9.84 Å². The van der Waals surface area contributed by atoms with E-state index >= 15 is 0 Å². The van der Waals surface area contributed by atoms with Gasteiger partial charge in [-0.1, -0.05) is 6.07 Å². The van der Waals surface area contributed by atoms with E-state index in [1.807, 2.05) is 0 Å². The largest absolute Gasteiger partial charge is 0.573 e. The predicted molar refractivity (Wildman–Crippen MR) is 72.3 cm³/mol. The van der Waals surface area contributed by atoms with Crippen molar-refractivity contribution >= 4 is 21.6 Å². The van der Waals surface area contributed by atoms with Crippen LogP contribution in [0.2, 0.25) is 0 Å². The minimum Gasteiger partial charge on any atom is -0.406 e. The van der Waals surface area contributed by atoms with Crippen LogP contribution in [0.3, 0.4) is 0 Å². The molecule has 22 heavy (non-hydrogen) atoms. The molecule has 10 heteroatoms. The number of carbonyl (C=O) groups is 1. The summed E-state index contributed by atoms with van der Waals surface area (Å²) in [5.41, 5.74) is 0.0973. The van der Waals surface area contributed by atoms with E-state index < -0.39 is 34.0 Å². The highest BCUT2D eigenvalue weighted by molar-refractivity contribution is 7.91. The molecular formula is C12H13F3N2O4S. The highest BCUT2D eigenvalue weighted by atomic mass is 32.2. The fraction of sp³-hybridized carbons (Fsp3) is 0.417. The first-order chi connectivity index (χ1) is 10.1. The lowest BCUT2D eigenvalue weighted by Crippen LogP contribution is -2.38.